The van der Waals surface area contributed by atoms with E-state index in [1.165, 1.54) is 0 Å². The first kappa shape index (κ1) is 8.89. The molecule has 1 aliphatic rings. The van der Waals surface area contributed by atoms with Crippen LogP contribution in [0.25, 0.3) is 0 Å². The van der Waals surface area contributed by atoms with Gasteiger partial charge in [-0.25, -0.2) is 4.39 Å². The summed E-state index contributed by atoms with van der Waals surface area (Å²) in [5.74, 6) is -0.520. The van der Waals surface area contributed by atoms with E-state index in [1.807, 2.05) is 0 Å². The molecule has 1 aromatic rings. The van der Waals surface area contributed by atoms with Crippen molar-refractivity contribution in [1.29, 1.82) is 0 Å². The minimum Gasteiger partial charge on any atom is -0.491 e. The second-order valence-electron chi connectivity index (χ2n) is 3.01. The maximum absolute atomic E-state index is 12.9. The minimum atomic E-state index is -0.690. The average molecular weight is 198 g/mol. The van der Waals surface area contributed by atoms with Crippen molar-refractivity contribution < 1.29 is 14.1 Å². The maximum Gasteiger partial charge on any atom is 0.280 e. The summed E-state index contributed by atoms with van der Waals surface area (Å²) >= 11 is 0. The van der Waals surface area contributed by atoms with Gasteiger partial charge in [0.25, 0.3) is 5.69 Å². The lowest BCUT2D eigenvalue weighted by Gasteiger charge is -2.02. The largest absolute Gasteiger partial charge is 0.491 e. The third-order valence-electron chi connectivity index (χ3n) is 2.07. The van der Waals surface area contributed by atoms with E-state index < -0.39 is 16.8 Å². The van der Waals surface area contributed by atoms with Crippen LogP contribution in [0.15, 0.2) is 12.1 Å². The zero-order valence-corrected chi connectivity index (χ0v) is 7.07. The van der Waals surface area contributed by atoms with E-state index in [0.29, 0.717) is 0 Å². The Morgan fingerprint density at radius 3 is 3.00 bits per heavy atom. The number of nitrogens with zero attached hydrogens (tertiary/aromatic N) is 1. The normalized spacial score (nSPS) is 18.9. The second-order valence-corrected chi connectivity index (χ2v) is 3.01. The molecule has 0 saturated heterocycles. The Labute approximate surface area is 78.4 Å². The molecule has 1 aliphatic heterocycles. The summed E-state index contributed by atoms with van der Waals surface area (Å²) < 4.78 is 17.9. The van der Waals surface area contributed by atoms with Gasteiger partial charge in [-0.3, -0.25) is 10.1 Å². The van der Waals surface area contributed by atoms with Crippen LogP contribution >= 0.6 is 0 Å². The van der Waals surface area contributed by atoms with Crippen molar-refractivity contribution in [2.75, 3.05) is 6.61 Å². The Balaban J connectivity index is 2.65. The van der Waals surface area contributed by atoms with E-state index >= 15 is 0 Å². The van der Waals surface area contributed by atoms with Crippen molar-refractivity contribution in [1.82, 2.24) is 0 Å². The van der Waals surface area contributed by atoms with Crippen LogP contribution in [0.5, 0.6) is 5.75 Å². The number of fused-ring (bicyclic) bond motifs is 1. The molecular weight excluding hydrogens is 191 g/mol. The molecule has 0 bridgehead atoms. The van der Waals surface area contributed by atoms with Crippen LogP contribution in [0.3, 0.4) is 0 Å². The lowest BCUT2D eigenvalue weighted by molar-refractivity contribution is -0.385. The fourth-order valence-corrected chi connectivity index (χ4v) is 1.49. The van der Waals surface area contributed by atoms with Gasteiger partial charge in [0, 0.05) is 6.07 Å². The molecule has 0 aromatic heterocycles. The van der Waals surface area contributed by atoms with Crippen LogP contribution < -0.4 is 10.5 Å². The first-order valence-corrected chi connectivity index (χ1v) is 3.96. The molecule has 2 rings (SSSR count). The molecule has 0 fully saturated rings. The van der Waals surface area contributed by atoms with Crippen LogP contribution in [0.1, 0.15) is 11.6 Å². The molecule has 1 heterocycles. The van der Waals surface area contributed by atoms with Crippen molar-refractivity contribution in [3.8, 4) is 5.75 Å². The highest BCUT2D eigenvalue weighted by molar-refractivity contribution is 5.53. The van der Waals surface area contributed by atoms with Crippen molar-refractivity contribution in [3.63, 3.8) is 0 Å². The fraction of sp³-hybridized carbons (Fsp3) is 0.250. The van der Waals surface area contributed by atoms with Gasteiger partial charge < -0.3 is 10.5 Å². The number of hydrogen-bond donors (Lipinski definition) is 1. The number of hydrogen-bond acceptors (Lipinski definition) is 4. The number of benzene rings is 1. The molecule has 0 spiro atoms. The summed E-state index contributed by atoms with van der Waals surface area (Å²) in [5.41, 5.74) is 5.54. The molecule has 6 heteroatoms. The summed E-state index contributed by atoms with van der Waals surface area (Å²) in [6.45, 7) is 0.152. The first-order valence-electron chi connectivity index (χ1n) is 3.96. The molecule has 0 saturated carbocycles. The molecule has 1 aromatic carbocycles. The van der Waals surface area contributed by atoms with Gasteiger partial charge in [0.1, 0.15) is 18.2 Å². The van der Waals surface area contributed by atoms with E-state index in [-0.39, 0.29) is 23.6 Å². The van der Waals surface area contributed by atoms with E-state index in [0.717, 1.165) is 12.1 Å². The van der Waals surface area contributed by atoms with Crippen LogP contribution in [-0.4, -0.2) is 11.5 Å². The van der Waals surface area contributed by atoms with Gasteiger partial charge in [-0.1, -0.05) is 0 Å². The molecule has 0 amide bonds. The zero-order chi connectivity index (χ0) is 10.3. The fourth-order valence-electron chi connectivity index (χ4n) is 1.49. The number of halogens is 1. The highest BCUT2D eigenvalue weighted by atomic mass is 19.1. The molecule has 0 unspecified atom stereocenters. The van der Waals surface area contributed by atoms with Gasteiger partial charge in [0.05, 0.1) is 22.6 Å². The molecule has 0 aliphatic carbocycles. The standard InChI is InChI=1S/C8H7FN2O3/c9-4-1-6(11(12)13)8-5(10)3-14-7(8)2-4/h1-2,5H,3,10H2/t5-/m1/s1. The van der Waals surface area contributed by atoms with Gasteiger partial charge in [-0.05, 0) is 0 Å². The number of ether oxygens (including phenoxy) is 1. The highest BCUT2D eigenvalue weighted by Crippen LogP contribution is 2.38. The Bertz CT molecular complexity index is 408. The first-order chi connectivity index (χ1) is 6.59. The minimum absolute atomic E-state index is 0.152. The van der Waals surface area contributed by atoms with Gasteiger partial charge in [0.2, 0.25) is 0 Å². The zero-order valence-electron chi connectivity index (χ0n) is 7.07. The van der Waals surface area contributed by atoms with Crippen molar-refractivity contribution in [2.24, 2.45) is 5.73 Å². The van der Waals surface area contributed by atoms with E-state index in [2.05, 4.69) is 0 Å². The maximum atomic E-state index is 12.9. The molecule has 1 atom stereocenters. The Morgan fingerprint density at radius 1 is 1.64 bits per heavy atom. The SMILES string of the molecule is N[C@@H]1COc2cc(F)cc([N+](=O)[O-])c21. The van der Waals surface area contributed by atoms with Gasteiger partial charge in [-0.15, -0.1) is 0 Å². The summed E-state index contributed by atoms with van der Waals surface area (Å²) in [7, 11) is 0. The van der Waals surface area contributed by atoms with Gasteiger partial charge in [-0.2, -0.15) is 0 Å². The van der Waals surface area contributed by atoms with E-state index in [1.54, 1.807) is 0 Å². The van der Waals surface area contributed by atoms with E-state index in [9.17, 15) is 14.5 Å². The summed E-state index contributed by atoms with van der Waals surface area (Å²) in [4.78, 5) is 9.93. The highest BCUT2D eigenvalue weighted by Gasteiger charge is 2.30. The lowest BCUT2D eigenvalue weighted by atomic mass is 10.1. The molecule has 14 heavy (non-hydrogen) atoms. The van der Waals surface area contributed by atoms with Crippen LogP contribution in [0.2, 0.25) is 0 Å². The molecule has 0 radical (unpaired) electrons. The average Bonchev–Trinajstić information content (AvgIpc) is 2.46. The molecule has 2 N–H and O–H groups in total. The van der Waals surface area contributed by atoms with Crippen molar-refractivity contribution in [3.05, 3.63) is 33.6 Å². The predicted octanol–water partition coefficient (Wildman–Crippen LogP) is 1.13. The lowest BCUT2D eigenvalue weighted by Crippen LogP contribution is -2.12. The van der Waals surface area contributed by atoms with Crippen LogP contribution in [0.4, 0.5) is 10.1 Å². The summed E-state index contributed by atoms with van der Waals surface area (Å²) in [6.07, 6.45) is 0. The number of rotatable bonds is 1. The topological polar surface area (TPSA) is 78.4 Å². The number of nitrogens with two attached hydrogens (primary N) is 1. The Morgan fingerprint density at radius 2 is 2.36 bits per heavy atom. The third kappa shape index (κ3) is 1.20. The van der Waals surface area contributed by atoms with Gasteiger partial charge in [0.15, 0.2) is 0 Å². The third-order valence-corrected chi connectivity index (χ3v) is 2.07. The van der Waals surface area contributed by atoms with Crippen LogP contribution in [0, 0.1) is 15.9 Å². The monoisotopic (exact) mass is 198 g/mol. The smallest absolute Gasteiger partial charge is 0.280 e. The van der Waals surface area contributed by atoms with Crippen LogP contribution in [-0.2, 0) is 0 Å². The van der Waals surface area contributed by atoms with Crippen molar-refractivity contribution >= 4 is 5.69 Å². The predicted molar refractivity (Wildman–Crippen MR) is 45.5 cm³/mol. The summed E-state index contributed by atoms with van der Waals surface area (Å²) in [5, 5.41) is 10.6. The van der Waals surface area contributed by atoms with Crippen molar-refractivity contribution in [2.45, 2.75) is 6.04 Å². The summed E-state index contributed by atoms with van der Waals surface area (Å²) in [6, 6.07) is 1.41. The Hall–Kier alpha value is -1.69. The van der Waals surface area contributed by atoms with E-state index in [4.69, 9.17) is 10.5 Å². The number of nitro benzene ring substituents is 1. The molecular formula is C8H7FN2O3. The quantitative estimate of drug-likeness (QED) is 0.541. The molecule has 74 valence electrons. The Kier molecular flexibility index (Phi) is 1.85. The second kappa shape index (κ2) is 2.91. The molecule has 5 nitrogen and oxygen atoms in total. The van der Waals surface area contributed by atoms with Gasteiger partial charge >= 0.3 is 0 Å². The number of nitro groups is 1.